The van der Waals surface area contributed by atoms with Crippen LogP contribution in [-0.4, -0.2) is 11.9 Å². The van der Waals surface area contributed by atoms with Gasteiger partial charge >= 0.3 is 0 Å². The number of hydrogen-bond acceptors (Lipinski definition) is 2. The zero-order chi connectivity index (χ0) is 14.8. The van der Waals surface area contributed by atoms with Crippen LogP contribution < -0.4 is 11.1 Å². The maximum Gasteiger partial charge on any atom is 0.238 e. The van der Waals surface area contributed by atoms with E-state index in [0.29, 0.717) is 0 Å². The van der Waals surface area contributed by atoms with E-state index in [1.165, 1.54) is 0 Å². The Morgan fingerprint density at radius 1 is 1.16 bits per heavy atom. The van der Waals surface area contributed by atoms with Crippen molar-refractivity contribution < 1.29 is 4.79 Å². The molecule has 1 unspecified atom stereocenters. The number of amides is 1. The van der Waals surface area contributed by atoms with Crippen LogP contribution in [0.3, 0.4) is 0 Å². The fourth-order valence-corrected chi connectivity index (χ4v) is 1.98. The van der Waals surface area contributed by atoms with E-state index in [1.54, 1.807) is 0 Å². The van der Waals surface area contributed by atoms with E-state index < -0.39 is 11.6 Å². The topological polar surface area (TPSA) is 55.1 Å². The van der Waals surface area contributed by atoms with Crippen molar-refractivity contribution in [1.82, 2.24) is 5.32 Å². The molecular weight excluding hydrogens is 304 g/mol. The second-order valence-corrected chi connectivity index (χ2v) is 7.38. The van der Waals surface area contributed by atoms with Crippen LogP contribution >= 0.6 is 15.9 Å². The van der Waals surface area contributed by atoms with Crippen LogP contribution in [0.4, 0.5) is 0 Å². The summed E-state index contributed by atoms with van der Waals surface area (Å²) >= 11 is 3.41. The molecular formula is C15H23BrN2O. The SMILES string of the molecule is CC(C)(NC(=O)C(N)C(C)(C)C)c1ccc(Br)cc1. The Hall–Kier alpha value is -0.870. The molecule has 0 aliphatic carbocycles. The molecule has 0 radical (unpaired) electrons. The summed E-state index contributed by atoms with van der Waals surface area (Å²) in [7, 11) is 0. The minimum Gasteiger partial charge on any atom is -0.346 e. The van der Waals surface area contributed by atoms with E-state index in [2.05, 4.69) is 21.2 Å². The van der Waals surface area contributed by atoms with E-state index in [4.69, 9.17) is 5.73 Å². The van der Waals surface area contributed by atoms with Crippen LogP contribution in [0, 0.1) is 5.41 Å². The maximum absolute atomic E-state index is 12.2. The fraction of sp³-hybridized carbons (Fsp3) is 0.533. The molecule has 0 aromatic heterocycles. The lowest BCUT2D eigenvalue weighted by molar-refractivity contribution is -0.126. The van der Waals surface area contributed by atoms with Gasteiger partial charge in [0.15, 0.2) is 0 Å². The van der Waals surface area contributed by atoms with E-state index in [0.717, 1.165) is 10.0 Å². The van der Waals surface area contributed by atoms with Gasteiger partial charge in [0, 0.05) is 4.47 Å². The molecule has 1 aromatic rings. The maximum atomic E-state index is 12.2. The van der Waals surface area contributed by atoms with Crippen molar-refractivity contribution in [3.05, 3.63) is 34.3 Å². The summed E-state index contributed by atoms with van der Waals surface area (Å²) in [5.41, 5.74) is 6.34. The van der Waals surface area contributed by atoms with Gasteiger partial charge in [-0.3, -0.25) is 4.79 Å². The predicted molar refractivity (Wildman–Crippen MR) is 82.7 cm³/mol. The van der Waals surface area contributed by atoms with Crippen molar-refractivity contribution in [2.24, 2.45) is 11.1 Å². The Labute approximate surface area is 124 Å². The summed E-state index contributed by atoms with van der Waals surface area (Å²) in [5.74, 6) is -0.125. The number of rotatable bonds is 3. The summed E-state index contributed by atoms with van der Waals surface area (Å²) in [4.78, 5) is 12.2. The zero-order valence-electron chi connectivity index (χ0n) is 12.3. The number of halogens is 1. The van der Waals surface area contributed by atoms with Gasteiger partial charge in [-0.15, -0.1) is 0 Å². The van der Waals surface area contributed by atoms with E-state index in [-0.39, 0.29) is 11.3 Å². The average Bonchev–Trinajstić information content (AvgIpc) is 2.26. The molecule has 1 amide bonds. The number of nitrogens with one attached hydrogen (secondary N) is 1. The van der Waals surface area contributed by atoms with Crippen molar-refractivity contribution in [1.29, 1.82) is 0 Å². The average molecular weight is 327 g/mol. The molecule has 4 heteroatoms. The number of nitrogens with two attached hydrogens (primary N) is 1. The molecule has 1 aromatic carbocycles. The fourth-order valence-electron chi connectivity index (χ4n) is 1.72. The first kappa shape index (κ1) is 16.2. The van der Waals surface area contributed by atoms with Gasteiger partial charge < -0.3 is 11.1 Å². The van der Waals surface area contributed by atoms with Crippen molar-refractivity contribution in [2.75, 3.05) is 0 Å². The van der Waals surface area contributed by atoms with Gasteiger partial charge in [-0.2, -0.15) is 0 Å². The molecule has 0 aliphatic rings. The molecule has 0 bridgehead atoms. The molecule has 1 atom stereocenters. The van der Waals surface area contributed by atoms with Crippen molar-refractivity contribution in [2.45, 2.75) is 46.2 Å². The molecule has 0 fully saturated rings. The minimum atomic E-state index is -0.526. The highest BCUT2D eigenvalue weighted by atomic mass is 79.9. The number of carbonyl (C=O) groups is 1. The highest BCUT2D eigenvalue weighted by molar-refractivity contribution is 9.10. The molecule has 106 valence electrons. The van der Waals surface area contributed by atoms with Crippen LogP contribution in [0.1, 0.15) is 40.2 Å². The number of hydrogen-bond donors (Lipinski definition) is 2. The van der Waals surface area contributed by atoms with Gasteiger partial charge in [0.05, 0.1) is 11.6 Å². The quantitative estimate of drug-likeness (QED) is 0.896. The van der Waals surface area contributed by atoms with Crippen LogP contribution in [0.15, 0.2) is 28.7 Å². The van der Waals surface area contributed by atoms with Crippen molar-refractivity contribution in [3.8, 4) is 0 Å². The summed E-state index contributed by atoms with van der Waals surface area (Å²) < 4.78 is 1.02. The van der Waals surface area contributed by atoms with E-state index in [9.17, 15) is 4.79 Å². The Morgan fingerprint density at radius 3 is 2.05 bits per heavy atom. The third kappa shape index (κ3) is 4.32. The Kier molecular flexibility index (Phi) is 4.80. The van der Waals surface area contributed by atoms with Gasteiger partial charge in [0.1, 0.15) is 0 Å². The van der Waals surface area contributed by atoms with Crippen LogP contribution in [-0.2, 0) is 10.3 Å². The van der Waals surface area contributed by atoms with Crippen molar-refractivity contribution in [3.63, 3.8) is 0 Å². The summed E-state index contributed by atoms with van der Waals surface area (Å²) in [6.07, 6.45) is 0. The summed E-state index contributed by atoms with van der Waals surface area (Å²) in [6.45, 7) is 9.84. The first-order chi connectivity index (χ1) is 8.54. The Bertz CT molecular complexity index is 446. The van der Waals surface area contributed by atoms with Gasteiger partial charge in [0.2, 0.25) is 5.91 Å². The van der Waals surface area contributed by atoms with Crippen LogP contribution in [0.25, 0.3) is 0 Å². The molecule has 0 saturated carbocycles. The molecule has 19 heavy (non-hydrogen) atoms. The lowest BCUT2D eigenvalue weighted by Gasteiger charge is -2.32. The molecule has 0 aliphatic heterocycles. The number of benzene rings is 1. The van der Waals surface area contributed by atoms with Gasteiger partial charge in [0.25, 0.3) is 0 Å². The second kappa shape index (κ2) is 5.63. The first-order valence-corrected chi connectivity index (χ1v) is 7.17. The van der Waals surface area contributed by atoms with Gasteiger partial charge in [-0.1, -0.05) is 48.8 Å². The monoisotopic (exact) mass is 326 g/mol. The molecule has 0 spiro atoms. The van der Waals surface area contributed by atoms with Crippen LogP contribution in [0.5, 0.6) is 0 Å². The van der Waals surface area contributed by atoms with Gasteiger partial charge in [-0.25, -0.2) is 0 Å². The molecule has 0 heterocycles. The largest absolute Gasteiger partial charge is 0.346 e. The van der Waals surface area contributed by atoms with E-state index >= 15 is 0 Å². The second-order valence-electron chi connectivity index (χ2n) is 6.46. The van der Waals surface area contributed by atoms with Crippen molar-refractivity contribution >= 4 is 21.8 Å². The van der Waals surface area contributed by atoms with Gasteiger partial charge in [-0.05, 0) is 37.0 Å². The third-order valence-corrected chi connectivity index (χ3v) is 3.75. The molecule has 3 N–H and O–H groups in total. The lowest BCUT2D eigenvalue weighted by Crippen LogP contribution is -2.53. The zero-order valence-corrected chi connectivity index (χ0v) is 13.8. The molecule has 3 nitrogen and oxygen atoms in total. The van der Waals surface area contributed by atoms with Crippen LogP contribution in [0.2, 0.25) is 0 Å². The summed E-state index contributed by atoms with van der Waals surface area (Å²) in [6, 6.07) is 7.39. The molecule has 0 saturated heterocycles. The normalized spacial score (nSPS) is 14.1. The smallest absolute Gasteiger partial charge is 0.238 e. The summed E-state index contributed by atoms with van der Waals surface area (Å²) in [5, 5.41) is 3.02. The Balaban J connectivity index is 2.85. The highest BCUT2D eigenvalue weighted by Gasteiger charge is 2.31. The number of carbonyl (C=O) groups excluding carboxylic acids is 1. The highest BCUT2D eigenvalue weighted by Crippen LogP contribution is 2.24. The molecule has 1 rings (SSSR count). The predicted octanol–water partition coefficient (Wildman–Crippen LogP) is 3.17. The lowest BCUT2D eigenvalue weighted by atomic mass is 9.85. The standard InChI is InChI=1S/C15H23BrN2O/c1-14(2,3)12(17)13(19)18-15(4,5)10-6-8-11(16)9-7-10/h6-9,12H,17H2,1-5H3,(H,18,19). The first-order valence-electron chi connectivity index (χ1n) is 6.38. The minimum absolute atomic E-state index is 0.125. The third-order valence-electron chi connectivity index (χ3n) is 3.22. The Morgan fingerprint density at radius 2 is 1.63 bits per heavy atom. The van der Waals surface area contributed by atoms with E-state index in [1.807, 2.05) is 58.9 Å².